The van der Waals surface area contributed by atoms with Gasteiger partial charge in [0, 0.05) is 38.6 Å². The van der Waals surface area contributed by atoms with E-state index in [1.807, 2.05) is 36.4 Å². The number of rotatable bonds is 10. The number of para-hydroxylation sites is 1. The summed E-state index contributed by atoms with van der Waals surface area (Å²) in [7, 11) is 0. The first-order valence-corrected chi connectivity index (χ1v) is 11.9. The SMILES string of the molecule is CCCCCCCOc1c(N2CCN(c3ncccn3)CC2)cnn(-c2ccccc2)c1=O. The third kappa shape index (κ3) is 5.69. The summed E-state index contributed by atoms with van der Waals surface area (Å²) in [5.74, 6) is 1.12. The van der Waals surface area contributed by atoms with Gasteiger partial charge in [-0.15, -0.1) is 0 Å². The van der Waals surface area contributed by atoms with Gasteiger partial charge in [-0.05, 0) is 24.6 Å². The van der Waals surface area contributed by atoms with Crippen molar-refractivity contribution in [2.75, 3.05) is 42.6 Å². The lowest BCUT2D eigenvalue weighted by Gasteiger charge is -2.36. The predicted octanol–water partition coefficient (Wildman–Crippen LogP) is 3.70. The minimum Gasteiger partial charge on any atom is -0.486 e. The topological polar surface area (TPSA) is 76.4 Å². The molecule has 0 saturated carbocycles. The van der Waals surface area contributed by atoms with Crippen molar-refractivity contribution in [3.8, 4) is 11.4 Å². The van der Waals surface area contributed by atoms with E-state index in [1.165, 1.54) is 23.9 Å². The van der Waals surface area contributed by atoms with Gasteiger partial charge in [-0.1, -0.05) is 50.8 Å². The number of aromatic nitrogens is 4. The highest BCUT2D eigenvalue weighted by Gasteiger charge is 2.24. The minimum atomic E-state index is -0.221. The van der Waals surface area contributed by atoms with Crippen molar-refractivity contribution in [1.82, 2.24) is 19.7 Å². The van der Waals surface area contributed by atoms with E-state index in [1.54, 1.807) is 18.6 Å². The van der Waals surface area contributed by atoms with E-state index in [0.717, 1.165) is 56.3 Å². The second-order valence-electron chi connectivity index (χ2n) is 8.20. The highest BCUT2D eigenvalue weighted by atomic mass is 16.5. The van der Waals surface area contributed by atoms with Crippen molar-refractivity contribution < 1.29 is 4.74 Å². The maximum atomic E-state index is 13.4. The lowest BCUT2D eigenvalue weighted by Crippen LogP contribution is -2.47. The highest BCUT2D eigenvalue weighted by molar-refractivity contribution is 5.57. The van der Waals surface area contributed by atoms with Crippen LogP contribution in [0.25, 0.3) is 5.69 Å². The maximum Gasteiger partial charge on any atom is 0.316 e. The molecule has 1 aliphatic rings. The second-order valence-corrected chi connectivity index (χ2v) is 8.20. The molecule has 2 aromatic heterocycles. The summed E-state index contributed by atoms with van der Waals surface area (Å²) >= 11 is 0. The summed E-state index contributed by atoms with van der Waals surface area (Å²) in [5, 5.41) is 4.47. The Balaban J connectivity index is 1.52. The van der Waals surface area contributed by atoms with Crippen LogP contribution in [0.1, 0.15) is 39.0 Å². The van der Waals surface area contributed by atoms with Crippen LogP contribution in [0.3, 0.4) is 0 Å². The van der Waals surface area contributed by atoms with Gasteiger partial charge in [0.05, 0.1) is 18.5 Å². The molecule has 4 rings (SSSR count). The number of nitrogens with zero attached hydrogens (tertiary/aromatic N) is 6. The van der Waals surface area contributed by atoms with E-state index in [-0.39, 0.29) is 5.56 Å². The molecular weight excluding hydrogens is 416 g/mol. The number of hydrogen-bond acceptors (Lipinski definition) is 7. The van der Waals surface area contributed by atoms with Gasteiger partial charge in [0.25, 0.3) is 0 Å². The number of anilines is 2. The normalized spacial score (nSPS) is 13.8. The number of piperazine rings is 1. The fourth-order valence-electron chi connectivity index (χ4n) is 4.03. The monoisotopic (exact) mass is 448 g/mol. The van der Waals surface area contributed by atoms with Gasteiger partial charge in [-0.25, -0.2) is 9.97 Å². The molecule has 0 N–H and O–H groups in total. The van der Waals surface area contributed by atoms with E-state index >= 15 is 0 Å². The van der Waals surface area contributed by atoms with Crippen LogP contribution < -0.4 is 20.1 Å². The van der Waals surface area contributed by atoms with Crippen molar-refractivity contribution in [3.05, 3.63) is 65.3 Å². The van der Waals surface area contributed by atoms with Gasteiger partial charge in [0.1, 0.15) is 5.69 Å². The van der Waals surface area contributed by atoms with E-state index < -0.39 is 0 Å². The second kappa shape index (κ2) is 11.4. The third-order valence-electron chi connectivity index (χ3n) is 5.87. The van der Waals surface area contributed by atoms with E-state index in [2.05, 4.69) is 31.8 Å². The van der Waals surface area contributed by atoms with Crippen molar-refractivity contribution in [1.29, 1.82) is 0 Å². The minimum absolute atomic E-state index is 0.221. The Morgan fingerprint density at radius 1 is 0.879 bits per heavy atom. The lowest BCUT2D eigenvalue weighted by atomic mass is 10.2. The molecule has 0 radical (unpaired) electrons. The molecule has 1 saturated heterocycles. The lowest BCUT2D eigenvalue weighted by molar-refractivity contribution is 0.298. The molecule has 0 atom stereocenters. The summed E-state index contributed by atoms with van der Waals surface area (Å²) in [4.78, 5) is 26.4. The van der Waals surface area contributed by atoms with Crippen molar-refractivity contribution in [3.63, 3.8) is 0 Å². The van der Waals surface area contributed by atoms with Crippen LogP contribution in [-0.4, -0.2) is 52.5 Å². The molecule has 8 heteroatoms. The standard InChI is InChI=1S/C25H32N6O2/c1-2-3-4-5-9-19-33-23-22(20-28-31(24(23)32)21-11-7-6-8-12-21)29-15-17-30(18-16-29)25-26-13-10-14-27-25/h6-8,10-14,20H,2-5,9,15-19H2,1H3. The Morgan fingerprint density at radius 3 is 2.30 bits per heavy atom. The van der Waals surface area contributed by atoms with Crippen LogP contribution in [0.5, 0.6) is 5.75 Å². The van der Waals surface area contributed by atoms with E-state index in [9.17, 15) is 4.79 Å². The molecule has 1 fully saturated rings. The van der Waals surface area contributed by atoms with Crippen molar-refractivity contribution in [2.24, 2.45) is 0 Å². The smallest absolute Gasteiger partial charge is 0.316 e. The molecule has 1 aromatic carbocycles. The van der Waals surface area contributed by atoms with Crippen LogP contribution >= 0.6 is 0 Å². The number of ether oxygens (including phenoxy) is 1. The fraction of sp³-hybridized carbons (Fsp3) is 0.440. The van der Waals surface area contributed by atoms with E-state index in [0.29, 0.717) is 12.4 Å². The number of hydrogen-bond donors (Lipinski definition) is 0. The van der Waals surface area contributed by atoms with Crippen molar-refractivity contribution >= 4 is 11.6 Å². The zero-order valence-corrected chi connectivity index (χ0v) is 19.3. The largest absolute Gasteiger partial charge is 0.486 e. The average Bonchev–Trinajstić information content (AvgIpc) is 2.88. The predicted molar refractivity (Wildman–Crippen MR) is 131 cm³/mol. The zero-order chi connectivity index (χ0) is 22.9. The first kappa shape index (κ1) is 22.8. The first-order chi connectivity index (χ1) is 16.3. The van der Waals surface area contributed by atoms with Crippen LogP contribution in [0.4, 0.5) is 11.6 Å². The quantitative estimate of drug-likeness (QED) is 0.438. The first-order valence-electron chi connectivity index (χ1n) is 11.9. The van der Waals surface area contributed by atoms with Gasteiger partial charge in [-0.3, -0.25) is 4.79 Å². The number of unbranched alkanes of at least 4 members (excludes halogenated alkanes) is 4. The molecule has 0 bridgehead atoms. The molecule has 33 heavy (non-hydrogen) atoms. The van der Waals surface area contributed by atoms with Crippen LogP contribution in [-0.2, 0) is 0 Å². The maximum absolute atomic E-state index is 13.4. The molecule has 1 aliphatic heterocycles. The van der Waals surface area contributed by atoms with Crippen LogP contribution in [0, 0.1) is 0 Å². The Labute approximate surface area is 194 Å². The molecule has 0 aliphatic carbocycles. The van der Waals surface area contributed by atoms with Crippen LogP contribution in [0.2, 0.25) is 0 Å². The third-order valence-corrected chi connectivity index (χ3v) is 5.87. The van der Waals surface area contributed by atoms with Crippen molar-refractivity contribution in [2.45, 2.75) is 39.0 Å². The van der Waals surface area contributed by atoms with Gasteiger partial charge in [0.2, 0.25) is 11.7 Å². The summed E-state index contributed by atoms with van der Waals surface area (Å²) in [6.45, 7) is 5.74. The molecule has 3 heterocycles. The average molecular weight is 449 g/mol. The fourth-order valence-corrected chi connectivity index (χ4v) is 4.03. The number of benzene rings is 1. The van der Waals surface area contributed by atoms with Gasteiger partial charge >= 0.3 is 5.56 Å². The Bertz CT molecular complexity index is 1050. The Hall–Kier alpha value is -3.42. The molecule has 3 aromatic rings. The van der Waals surface area contributed by atoms with Gasteiger partial charge in [0.15, 0.2) is 0 Å². The molecular formula is C25H32N6O2. The summed E-state index contributed by atoms with van der Waals surface area (Å²) < 4.78 is 7.54. The zero-order valence-electron chi connectivity index (χ0n) is 19.3. The highest BCUT2D eigenvalue weighted by Crippen LogP contribution is 2.26. The Morgan fingerprint density at radius 2 is 1.58 bits per heavy atom. The summed E-state index contributed by atoms with van der Waals surface area (Å²) in [5.41, 5.74) is 1.27. The summed E-state index contributed by atoms with van der Waals surface area (Å²) in [6, 6.07) is 11.3. The molecule has 174 valence electrons. The molecule has 0 amide bonds. The molecule has 0 unspecified atom stereocenters. The van der Waals surface area contributed by atoms with Gasteiger partial charge in [-0.2, -0.15) is 9.78 Å². The molecule has 0 spiro atoms. The summed E-state index contributed by atoms with van der Waals surface area (Å²) in [6.07, 6.45) is 11.0. The van der Waals surface area contributed by atoms with Crippen LogP contribution in [0.15, 0.2) is 59.8 Å². The molecule has 8 nitrogen and oxygen atoms in total. The van der Waals surface area contributed by atoms with E-state index in [4.69, 9.17) is 4.74 Å². The Kier molecular flexibility index (Phi) is 7.90. The van der Waals surface area contributed by atoms with Gasteiger partial charge < -0.3 is 14.5 Å².